The molecule has 0 fully saturated rings. The third-order valence-corrected chi connectivity index (χ3v) is 7.46. The SMILES string of the molecule is CCC(NO)c1c(I)c(C(=O)NCC(O)CO)c(I)c(C(=O)NCC(O)CO)c1I. The maximum Gasteiger partial charge on any atom is 0.253 e. The van der Waals surface area contributed by atoms with Gasteiger partial charge in [-0.25, -0.2) is 0 Å². The summed E-state index contributed by atoms with van der Waals surface area (Å²) in [5, 5.41) is 51.6. The topological polar surface area (TPSA) is 171 Å². The van der Waals surface area contributed by atoms with E-state index in [-0.39, 0.29) is 24.2 Å². The quantitative estimate of drug-likeness (QED) is 0.116. The van der Waals surface area contributed by atoms with E-state index >= 15 is 0 Å². The van der Waals surface area contributed by atoms with Gasteiger partial charge in [0, 0.05) is 23.8 Å². The predicted octanol–water partition coefficient (Wildman–Crippen LogP) is 0.0963. The lowest BCUT2D eigenvalue weighted by atomic mass is 9.98. The van der Waals surface area contributed by atoms with Gasteiger partial charge >= 0.3 is 0 Å². The van der Waals surface area contributed by atoms with Crippen molar-refractivity contribution in [1.82, 2.24) is 16.1 Å². The molecular formula is C17H24I3N3O7. The molecule has 0 bridgehead atoms. The van der Waals surface area contributed by atoms with E-state index in [1.165, 1.54) is 0 Å². The molecule has 1 aromatic rings. The van der Waals surface area contributed by atoms with Crippen LogP contribution in [0.5, 0.6) is 0 Å². The molecule has 0 saturated carbocycles. The van der Waals surface area contributed by atoms with E-state index < -0.39 is 43.3 Å². The fourth-order valence-electron chi connectivity index (χ4n) is 2.47. The molecule has 3 unspecified atom stereocenters. The number of hydroxylamine groups is 1. The number of hydrogen-bond acceptors (Lipinski definition) is 8. The molecule has 0 aliphatic rings. The van der Waals surface area contributed by atoms with Crippen molar-refractivity contribution in [1.29, 1.82) is 0 Å². The number of amides is 2. The number of benzene rings is 1. The summed E-state index contributed by atoms with van der Waals surface area (Å²) in [5.41, 5.74) is 3.14. The lowest BCUT2D eigenvalue weighted by Crippen LogP contribution is -2.37. The second-order valence-electron chi connectivity index (χ2n) is 6.29. The minimum absolute atomic E-state index is 0.178. The van der Waals surface area contributed by atoms with Gasteiger partial charge in [0.25, 0.3) is 11.8 Å². The minimum Gasteiger partial charge on any atom is -0.394 e. The molecule has 0 spiro atoms. The van der Waals surface area contributed by atoms with Gasteiger partial charge in [-0.3, -0.25) is 9.59 Å². The van der Waals surface area contributed by atoms with E-state index in [1.54, 1.807) is 0 Å². The van der Waals surface area contributed by atoms with Gasteiger partial charge in [0.15, 0.2) is 0 Å². The summed E-state index contributed by atoms with van der Waals surface area (Å²) >= 11 is 5.83. The molecule has 10 nitrogen and oxygen atoms in total. The van der Waals surface area contributed by atoms with E-state index in [4.69, 9.17) is 10.2 Å². The van der Waals surface area contributed by atoms with Crippen molar-refractivity contribution in [3.05, 3.63) is 27.4 Å². The molecule has 0 heterocycles. The van der Waals surface area contributed by atoms with Crippen LogP contribution >= 0.6 is 67.8 Å². The molecule has 30 heavy (non-hydrogen) atoms. The van der Waals surface area contributed by atoms with Crippen molar-refractivity contribution in [2.45, 2.75) is 31.6 Å². The number of carbonyl (C=O) groups excluding carboxylic acids is 2. The minimum atomic E-state index is -1.13. The van der Waals surface area contributed by atoms with Gasteiger partial charge in [-0.2, -0.15) is 5.48 Å². The van der Waals surface area contributed by atoms with Gasteiger partial charge in [0.1, 0.15) is 0 Å². The number of aliphatic hydroxyl groups is 4. The van der Waals surface area contributed by atoms with Crippen LogP contribution in [0.3, 0.4) is 0 Å². The molecule has 0 aromatic heterocycles. The average molecular weight is 763 g/mol. The van der Waals surface area contributed by atoms with Crippen LogP contribution in [0.2, 0.25) is 0 Å². The number of rotatable bonds is 11. The van der Waals surface area contributed by atoms with Crippen LogP contribution in [0.25, 0.3) is 0 Å². The normalized spacial score (nSPS) is 14.2. The molecule has 0 aliphatic carbocycles. The van der Waals surface area contributed by atoms with Crippen LogP contribution in [0, 0.1) is 10.7 Å². The van der Waals surface area contributed by atoms with Gasteiger partial charge < -0.3 is 36.3 Å². The molecule has 13 heteroatoms. The van der Waals surface area contributed by atoms with Gasteiger partial charge in [-0.05, 0) is 79.8 Å². The van der Waals surface area contributed by atoms with Gasteiger partial charge in [0.2, 0.25) is 0 Å². The van der Waals surface area contributed by atoms with Crippen molar-refractivity contribution >= 4 is 79.6 Å². The fourth-order valence-corrected chi connectivity index (χ4v) is 7.37. The Morgan fingerprint density at radius 1 is 0.867 bits per heavy atom. The summed E-state index contributed by atoms with van der Waals surface area (Å²) in [4.78, 5) is 25.7. The van der Waals surface area contributed by atoms with Crippen LogP contribution in [0.1, 0.15) is 45.7 Å². The van der Waals surface area contributed by atoms with E-state index in [9.17, 15) is 25.0 Å². The summed E-state index contributed by atoms with van der Waals surface area (Å²) in [6.07, 6.45) is -1.78. The zero-order chi connectivity index (χ0) is 23.0. The molecule has 1 rings (SSSR count). The Hall–Kier alpha value is 0.110. The molecule has 8 N–H and O–H groups in total. The highest BCUT2D eigenvalue weighted by Gasteiger charge is 2.30. The van der Waals surface area contributed by atoms with E-state index in [0.717, 1.165) is 0 Å². The predicted molar refractivity (Wildman–Crippen MR) is 133 cm³/mol. The number of nitrogens with one attached hydrogen (secondary N) is 3. The van der Waals surface area contributed by atoms with Crippen molar-refractivity contribution in [2.24, 2.45) is 0 Å². The lowest BCUT2D eigenvalue weighted by molar-refractivity contribution is 0.0797. The summed E-state index contributed by atoms with van der Waals surface area (Å²) in [6, 6.07) is -0.551. The Bertz CT molecular complexity index is 710. The first-order valence-corrected chi connectivity index (χ1v) is 12.1. The Labute approximate surface area is 214 Å². The van der Waals surface area contributed by atoms with Crippen molar-refractivity contribution in [2.75, 3.05) is 26.3 Å². The van der Waals surface area contributed by atoms with Crippen LogP contribution in [0.4, 0.5) is 0 Å². The molecule has 1 aromatic carbocycles. The number of halogens is 3. The lowest BCUT2D eigenvalue weighted by Gasteiger charge is -2.23. The van der Waals surface area contributed by atoms with Gasteiger partial charge in [0.05, 0.1) is 42.6 Å². The second-order valence-corrected chi connectivity index (χ2v) is 9.52. The highest BCUT2D eigenvalue weighted by Crippen LogP contribution is 2.36. The summed E-state index contributed by atoms with van der Waals surface area (Å²) < 4.78 is 1.40. The van der Waals surface area contributed by atoms with Crippen molar-refractivity contribution in [3.63, 3.8) is 0 Å². The molecular weight excluding hydrogens is 739 g/mol. The Balaban J connectivity index is 3.54. The second kappa shape index (κ2) is 13.6. The zero-order valence-corrected chi connectivity index (χ0v) is 22.4. The third-order valence-electron chi connectivity index (χ3n) is 4.14. The Kier molecular flexibility index (Phi) is 12.8. The molecule has 0 radical (unpaired) electrons. The van der Waals surface area contributed by atoms with Crippen LogP contribution in [-0.2, 0) is 0 Å². The van der Waals surface area contributed by atoms with Crippen LogP contribution in [-0.4, -0.2) is 76.0 Å². The van der Waals surface area contributed by atoms with Crippen LogP contribution in [0.15, 0.2) is 0 Å². The Morgan fingerprint density at radius 2 is 1.27 bits per heavy atom. The molecule has 170 valence electrons. The monoisotopic (exact) mass is 763 g/mol. The zero-order valence-electron chi connectivity index (χ0n) is 16.0. The van der Waals surface area contributed by atoms with Crippen LogP contribution < -0.4 is 16.1 Å². The summed E-state index contributed by atoms with van der Waals surface area (Å²) in [6.45, 7) is 0.441. The third kappa shape index (κ3) is 7.06. The maximum atomic E-state index is 12.9. The first kappa shape index (κ1) is 28.1. The smallest absolute Gasteiger partial charge is 0.253 e. The molecule has 0 saturated heterocycles. The fraction of sp³-hybridized carbons (Fsp3) is 0.529. The average Bonchev–Trinajstić information content (AvgIpc) is 2.72. The first-order chi connectivity index (χ1) is 14.1. The highest BCUT2D eigenvalue weighted by atomic mass is 127. The van der Waals surface area contributed by atoms with Gasteiger partial charge in [-0.15, -0.1) is 0 Å². The van der Waals surface area contributed by atoms with Crippen molar-refractivity contribution < 1.29 is 35.2 Å². The molecule has 3 atom stereocenters. The summed E-state index contributed by atoms with van der Waals surface area (Å²) in [5.74, 6) is -1.10. The highest BCUT2D eigenvalue weighted by molar-refractivity contribution is 14.1. The number of carbonyl (C=O) groups is 2. The van der Waals surface area contributed by atoms with E-state index in [1.807, 2.05) is 74.7 Å². The van der Waals surface area contributed by atoms with Crippen molar-refractivity contribution in [3.8, 4) is 0 Å². The first-order valence-electron chi connectivity index (χ1n) is 8.88. The van der Waals surface area contributed by atoms with E-state index in [0.29, 0.717) is 22.7 Å². The largest absolute Gasteiger partial charge is 0.394 e. The number of hydrogen-bond donors (Lipinski definition) is 8. The Morgan fingerprint density at radius 3 is 1.57 bits per heavy atom. The molecule has 2 amide bonds. The standard InChI is InChI=1S/C17H24I3N3O7/c1-2-9(23-30)10-13(18)11(16(28)21-3-7(26)5-24)15(20)12(14(10)19)17(29)22-4-8(27)6-25/h7-9,23-27,30H,2-6H2,1H3,(H,21,28)(H,22,29). The maximum absolute atomic E-state index is 12.9. The van der Waals surface area contributed by atoms with E-state index in [2.05, 4.69) is 16.1 Å². The number of aliphatic hydroxyl groups excluding tert-OH is 4. The summed E-state index contributed by atoms with van der Waals surface area (Å²) in [7, 11) is 0. The molecule has 0 aliphatic heterocycles. The van der Waals surface area contributed by atoms with Gasteiger partial charge in [-0.1, -0.05) is 6.92 Å².